The molecule has 0 aliphatic heterocycles. The predicted molar refractivity (Wildman–Crippen MR) is 86.2 cm³/mol. The SMILES string of the molecule is COCCc1ccc(Oc2ccc([C@@H](C)N)cc2Cl)cc1. The van der Waals surface area contributed by atoms with Crippen LogP contribution >= 0.6 is 11.6 Å². The predicted octanol–water partition coefficient (Wildman–Crippen LogP) is 4.34. The third-order valence-electron chi connectivity index (χ3n) is 3.23. The first-order valence-corrected chi connectivity index (χ1v) is 7.28. The highest BCUT2D eigenvalue weighted by molar-refractivity contribution is 6.32. The molecule has 21 heavy (non-hydrogen) atoms. The minimum atomic E-state index is -0.0448. The van der Waals surface area contributed by atoms with E-state index in [-0.39, 0.29) is 6.04 Å². The smallest absolute Gasteiger partial charge is 0.146 e. The van der Waals surface area contributed by atoms with Crippen molar-refractivity contribution >= 4 is 11.6 Å². The maximum atomic E-state index is 6.23. The van der Waals surface area contributed by atoms with Crippen molar-refractivity contribution in [2.75, 3.05) is 13.7 Å². The van der Waals surface area contributed by atoms with Gasteiger partial charge in [-0.1, -0.05) is 29.8 Å². The molecule has 0 aliphatic carbocycles. The molecule has 2 aromatic carbocycles. The Balaban J connectivity index is 2.07. The van der Waals surface area contributed by atoms with Crippen molar-refractivity contribution in [3.8, 4) is 11.5 Å². The lowest BCUT2D eigenvalue weighted by Crippen LogP contribution is -2.04. The van der Waals surface area contributed by atoms with Crippen molar-refractivity contribution in [3.63, 3.8) is 0 Å². The highest BCUT2D eigenvalue weighted by atomic mass is 35.5. The van der Waals surface area contributed by atoms with Crippen molar-refractivity contribution in [1.29, 1.82) is 0 Å². The molecule has 2 N–H and O–H groups in total. The number of halogens is 1. The number of hydrogen-bond acceptors (Lipinski definition) is 3. The average molecular weight is 306 g/mol. The first-order chi connectivity index (χ1) is 10.1. The summed E-state index contributed by atoms with van der Waals surface area (Å²) in [6.45, 7) is 2.63. The van der Waals surface area contributed by atoms with E-state index in [1.165, 1.54) is 5.56 Å². The van der Waals surface area contributed by atoms with Crippen LogP contribution in [0.2, 0.25) is 5.02 Å². The highest BCUT2D eigenvalue weighted by Gasteiger charge is 2.07. The molecule has 0 amide bonds. The van der Waals surface area contributed by atoms with Crippen molar-refractivity contribution in [1.82, 2.24) is 0 Å². The fraction of sp³-hybridized carbons (Fsp3) is 0.294. The van der Waals surface area contributed by atoms with Crippen LogP contribution in [-0.4, -0.2) is 13.7 Å². The second kappa shape index (κ2) is 7.46. The number of ether oxygens (including phenoxy) is 2. The zero-order chi connectivity index (χ0) is 15.2. The fourth-order valence-electron chi connectivity index (χ4n) is 1.95. The first-order valence-electron chi connectivity index (χ1n) is 6.91. The third-order valence-corrected chi connectivity index (χ3v) is 3.52. The molecule has 0 unspecified atom stereocenters. The maximum absolute atomic E-state index is 6.23. The molecule has 0 spiro atoms. The molecule has 0 heterocycles. The van der Waals surface area contributed by atoms with E-state index in [9.17, 15) is 0 Å². The van der Waals surface area contributed by atoms with Crippen molar-refractivity contribution in [3.05, 3.63) is 58.6 Å². The van der Waals surface area contributed by atoms with E-state index in [2.05, 4.69) is 0 Å². The van der Waals surface area contributed by atoms with Gasteiger partial charge in [0.25, 0.3) is 0 Å². The molecule has 112 valence electrons. The summed E-state index contributed by atoms with van der Waals surface area (Å²) in [6.07, 6.45) is 0.890. The molecule has 0 saturated heterocycles. The summed E-state index contributed by atoms with van der Waals surface area (Å²) >= 11 is 6.23. The zero-order valence-corrected chi connectivity index (χ0v) is 13.1. The van der Waals surface area contributed by atoms with Crippen LogP contribution in [0.5, 0.6) is 11.5 Å². The van der Waals surface area contributed by atoms with E-state index in [0.29, 0.717) is 17.4 Å². The van der Waals surface area contributed by atoms with Crippen LogP contribution in [0, 0.1) is 0 Å². The Morgan fingerprint density at radius 2 is 1.86 bits per heavy atom. The second-order valence-electron chi connectivity index (χ2n) is 4.97. The maximum Gasteiger partial charge on any atom is 0.146 e. The number of rotatable bonds is 6. The molecule has 0 radical (unpaired) electrons. The van der Waals surface area contributed by atoms with Gasteiger partial charge >= 0.3 is 0 Å². The van der Waals surface area contributed by atoms with Gasteiger partial charge in [0.15, 0.2) is 0 Å². The minimum absolute atomic E-state index is 0.0448. The quantitative estimate of drug-likeness (QED) is 0.863. The molecule has 0 aromatic heterocycles. The Morgan fingerprint density at radius 3 is 2.43 bits per heavy atom. The largest absolute Gasteiger partial charge is 0.456 e. The molecule has 0 bridgehead atoms. The molecule has 4 heteroatoms. The average Bonchev–Trinajstić information content (AvgIpc) is 2.48. The Hall–Kier alpha value is -1.55. The van der Waals surface area contributed by atoms with Gasteiger partial charge in [0.05, 0.1) is 11.6 Å². The lowest BCUT2D eigenvalue weighted by Gasteiger charge is -2.11. The van der Waals surface area contributed by atoms with E-state index < -0.39 is 0 Å². The molecule has 0 aliphatic rings. The summed E-state index contributed by atoms with van der Waals surface area (Å²) in [6, 6.07) is 13.5. The zero-order valence-electron chi connectivity index (χ0n) is 12.3. The molecule has 2 rings (SSSR count). The van der Waals surface area contributed by atoms with Crippen LogP contribution in [0.1, 0.15) is 24.1 Å². The van der Waals surface area contributed by atoms with Gasteiger partial charge in [0, 0.05) is 13.2 Å². The molecule has 0 fully saturated rings. The topological polar surface area (TPSA) is 44.5 Å². The van der Waals surface area contributed by atoms with Crippen LogP contribution in [-0.2, 0) is 11.2 Å². The number of nitrogens with two attached hydrogens (primary N) is 1. The Kier molecular flexibility index (Phi) is 5.62. The molecular weight excluding hydrogens is 286 g/mol. The van der Waals surface area contributed by atoms with E-state index in [1.54, 1.807) is 7.11 Å². The second-order valence-corrected chi connectivity index (χ2v) is 5.37. The summed E-state index contributed by atoms with van der Waals surface area (Å²) in [4.78, 5) is 0. The normalized spacial score (nSPS) is 12.2. The van der Waals surface area contributed by atoms with Gasteiger partial charge in [-0.3, -0.25) is 0 Å². The summed E-state index contributed by atoms with van der Waals surface area (Å²) in [7, 11) is 1.70. The van der Waals surface area contributed by atoms with Gasteiger partial charge < -0.3 is 15.2 Å². The summed E-state index contributed by atoms with van der Waals surface area (Å²) in [5.41, 5.74) is 8.03. The van der Waals surface area contributed by atoms with Gasteiger partial charge in [-0.2, -0.15) is 0 Å². The van der Waals surface area contributed by atoms with Crippen LogP contribution in [0.25, 0.3) is 0 Å². The number of benzene rings is 2. The Labute approximate surface area is 130 Å². The molecule has 3 nitrogen and oxygen atoms in total. The summed E-state index contributed by atoms with van der Waals surface area (Å²) in [5, 5.41) is 0.563. The highest BCUT2D eigenvalue weighted by Crippen LogP contribution is 2.31. The lowest BCUT2D eigenvalue weighted by molar-refractivity contribution is 0.202. The fourth-order valence-corrected chi connectivity index (χ4v) is 2.18. The first kappa shape index (κ1) is 15.8. The molecular formula is C17H20ClNO2. The minimum Gasteiger partial charge on any atom is -0.456 e. The third kappa shape index (κ3) is 4.46. The van der Waals surface area contributed by atoms with E-state index in [1.807, 2.05) is 49.4 Å². The van der Waals surface area contributed by atoms with Crippen LogP contribution in [0.15, 0.2) is 42.5 Å². The van der Waals surface area contributed by atoms with E-state index >= 15 is 0 Å². The number of methoxy groups -OCH3 is 1. The van der Waals surface area contributed by atoms with E-state index in [0.717, 1.165) is 17.7 Å². The Bertz CT molecular complexity index is 582. The van der Waals surface area contributed by atoms with Gasteiger partial charge in [-0.25, -0.2) is 0 Å². The van der Waals surface area contributed by atoms with Crippen LogP contribution in [0.3, 0.4) is 0 Å². The van der Waals surface area contributed by atoms with Crippen molar-refractivity contribution in [2.24, 2.45) is 5.73 Å². The monoisotopic (exact) mass is 305 g/mol. The standard InChI is InChI=1S/C17H20ClNO2/c1-12(19)14-5-8-17(16(18)11-14)21-15-6-3-13(4-7-15)9-10-20-2/h3-8,11-12H,9-10,19H2,1-2H3/t12-/m1/s1. The lowest BCUT2D eigenvalue weighted by atomic mass is 10.1. The molecule has 2 aromatic rings. The van der Waals surface area contributed by atoms with Gasteiger partial charge in [0.1, 0.15) is 11.5 Å². The van der Waals surface area contributed by atoms with Gasteiger partial charge in [0.2, 0.25) is 0 Å². The Morgan fingerprint density at radius 1 is 1.14 bits per heavy atom. The van der Waals surface area contributed by atoms with Crippen LogP contribution in [0.4, 0.5) is 0 Å². The van der Waals surface area contributed by atoms with Gasteiger partial charge in [-0.15, -0.1) is 0 Å². The van der Waals surface area contributed by atoms with Crippen molar-refractivity contribution in [2.45, 2.75) is 19.4 Å². The van der Waals surface area contributed by atoms with Gasteiger partial charge in [-0.05, 0) is 48.7 Å². The van der Waals surface area contributed by atoms with Crippen LogP contribution < -0.4 is 10.5 Å². The van der Waals surface area contributed by atoms with Crippen molar-refractivity contribution < 1.29 is 9.47 Å². The number of hydrogen-bond donors (Lipinski definition) is 1. The summed E-state index contributed by atoms with van der Waals surface area (Å²) < 4.78 is 10.9. The summed E-state index contributed by atoms with van der Waals surface area (Å²) in [5.74, 6) is 1.39. The van der Waals surface area contributed by atoms with E-state index in [4.69, 9.17) is 26.8 Å². The molecule has 0 saturated carbocycles. The molecule has 1 atom stereocenters.